The number of anilines is 2. The minimum atomic E-state index is 0.757. The molecule has 3 rings (SSSR count). The van der Waals surface area contributed by atoms with Crippen LogP contribution in [0.5, 0.6) is 0 Å². The number of para-hydroxylation sites is 1. The van der Waals surface area contributed by atoms with Crippen molar-refractivity contribution in [2.45, 2.75) is 13.8 Å². The van der Waals surface area contributed by atoms with Crippen LogP contribution in [0, 0.1) is 13.8 Å². The Morgan fingerprint density at radius 3 is 2.42 bits per heavy atom. The first-order valence-electron chi connectivity index (χ1n) is 8.18. The normalized spacial score (nSPS) is 14.6. The van der Waals surface area contributed by atoms with Crippen molar-refractivity contribution >= 4 is 40.3 Å². The second-order valence-electron chi connectivity index (χ2n) is 6.10. The molecule has 0 radical (unpaired) electrons. The summed E-state index contributed by atoms with van der Waals surface area (Å²) in [7, 11) is 0. The third kappa shape index (κ3) is 3.65. The SMILES string of the molecule is Cc1ccccc1N1CCN(C(=S)Nc2cccc(Cl)c2C)CC1. The van der Waals surface area contributed by atoms with Crippen molar-refractivity contribution in [1.82, 2.24) is 4.90 Å². The molecule has 0 bridgehead atoms. The van der Waals surface area contributed by atoms with Crippen molar-refractivity contribution < 1.29 is 0 Å². The quantitative estimate of drug-likeness (QED) is 0.797. The van der Waals surface area contributed by atoms with Gasteiger partial charge in [-0.15, -0.1) is 0 Å². The van der Waals surface area contributed by atoms with Gasteiger partial charge in [-0.25, -0.2) is 0 Å². The summed E-state index contributed by atoms with van der Waals surface area (Å²) in [5, 5.41) is 4.87. The van der Waals surface area contributed by atoms with E-state index in [1.165, 1.54) is 11.3 Å². The topological polar surface area (TPSA) is 18.5 Å². The van der Waals surface area contributed by atoms with Crippen molar-refractivity contribution in [2.75, 3.05) is 36.4 Å². The highest BCUT2D eigenvalue weighted by molar-refractivity contribution is 7.80. The summed E-state index contributed by atoms with van der Waals surface area (Å²) >= 11 is 11.8. The number of hydrogen-bond acceptors (Lipinski definition) is 2. The molecule has 0 unspecified atom stereocenters. The minimum Gasteiger partial charge on any atom is -0.368 e. The average Bonchev–Trinajstić information content (AvgIpc) is 2.59. The highest BCUT2D eigenvalue weighted by Crippen LogP contribution is 2.24. The van der Waals surface area contributed by atoms with E-state index >= 15 is 0 Å². The molecular formula is C19H22ClN3S. The molecule has 1 heterocycles. The van der Waals surface area contributed by atoms with Gasteiger partial charge in [0, 0.05) is 42.6 Å². The van der Waals surface area contributed by atoms with Gasteiger partial charge in [-0.05, 0) is 55.4 Å². The number of aryl methyl sites for hydroxylation is 1. The molecule has 2 aromatic carbocycles. The molecule has 0 spiro atoms. The molecule has 1 fully saturated rings. The number of thiocarbonyl (C=S) groups is 1. The third-order valence-electron chi connectivity index (χ3n) is 4.53. The van der Waals surface area contributed by atoms with E-state index in [9.17, 15) is 0 Å². The van der Waals surface area contributed by atoms with Crippen molar-refractivity contribution in [3.63, 3.8) is 0 Å². The third-order valence-corrected chi connectivity index (χ3v) is 5.30. The molecule has 24 heavy (non-hydrogen) atoms. The highest BCUT2D eigenvalue weighted by Gasteiger charge is 2.20. The Morgan fingerprint density at radius 2 is 1.71 bits per heavy atom. The Kier molecular flexibility index (Phi) is 5.27. The zero-order chi connectivity index (χ0) is 17.1. The van der Waals surface area contributed by atoms with E-state index in [-0.39, 0.29) is 0 Å². The predicted octanol–water partition coefficient (Wildman–Crippen LogP) is 4.48. The number of hydrogen-bond donors (Lipinski definition) is 1. The van der Waals surface area contributed by atoms with Gasteiger partial charge in [0.25, 0.3) is 0 Å². The predicted molar refractivity (Wildman–Crippen MR) is 107 cm³/mol. The molecule has 1 aliphatic heterocycles. The highest BCUT2D eigenvalue weighted by atomic mass is 35.5. The Morgan fingerprint density at radius 1 is 1.00 bits per heavy atom. The Hall–Kier alpha value is -1.78. The van der Waals surface area contributed by atoms with Crippen LogP contribution in [0.4, 0.5) is 11.4 Å². The van der Waals surface area contributed by atoms with Gasteiger partial charge in [0.2, 0.25) is 0 Å². The van der Waals surface area contributed by atoms with E-state index in [1.807, 2.05) is 25.1 Å². The van der Waals surface area contributed by atoms with Crippen LogP contribution in [-0.4, -0.2) is 36.2 Å². The van der Waals surface area contributed by atoms with Gasteiger partial charge >= 0.3 is 0 Å². The maximum atomic E-state index is 6.18. The summed E-state index contributed by atoms with van der Waals surface area (Å²) in [5.74, 6) is 0. The number of benzene rings is 2. The molecule has 2 aromatic rings. The van der Waals surface area contributed by atoms with Crippen molar-refractivity contribution in [2.24, 2.45) is 0 Å². The molecule has 5 heteroatoms. The van der Waals surface area contributed by atoms with Crippen molar-refractivity contribution in [3.05, 3.63) is 58.6 Å². The first-order chi connectivity index (χ1) is 11.6. The number of piperazine rings is 1. The molecule has 0 atom stereocenters. The maximum absolute atomic E-state index is 6.18. The van der Waals surface area contributed by atoms with Crippen LogP contribution in [0.1, 0.15) is 11.1 Å². The second kappa shape index (κ2) is 7.41. The summed E-state index contributed by atoms with van der Waals surface area (Å²) in [6, 6.07) is 14.4. The van der Waals surface area contributed by atoms with Crippen LogP contribution in [0.25, 0.3) is 0 Å². The molecule has 126 valence electrons. The van der Waals surface area contributed by atoms with E-state index < -0.39 is 0 Å². The van der Waals surface area contributed by atoms with Gasteiger partial charge in [0.1, 0.15) is 0 Å². The average molecular weight is 360 g/mol. The number of rotatable bonds is 2. The molecule has 1 aliphatic rings. The fourth-order valence-corrected chi connectivity index (χ4v) is 3.47. The second-order valence-corrected chi connectivity index (χ2v) is 6.90. The summed E-state index contributed by atoms with van der Waals surface area (Å²) in [4.78, 5) is 4.66. The maximum Gasteiger partial charge on any atom is 0.173 e. The van der Waals surface area contributed by atoms with E-state index in [1.54, 1.807) is 0 Å². The molecule has 0 aromatic heterocycles. The lowest BCUT2D eigenvalue weighted by molar-refractivity contribution is 0.390. The lowest BCUT2D eigenvalue weighted by atomic mass is 10.1. The van der Waals surface area contributed by atoms with Crippen LogP contribution in [0.2, 0.25) is 5.02 Å². The summed E-state index contributed by atoms with van der Waals surface area (Å²) in [6.45, 7) is 7.95. The van der Waals surface area contributed by atoms with Crippen molar-refractivity contribution in [1.29, 1.82) is 0 Å². The lowest BCUT2D eigenvalue weighted by Crippen LogP contribution is -2.50. The van der Waals surface area contributed by atoms with Gasteiger partial charge in [-0.1, -0.05) is 35.9 Å². The zero-order valence-electron chi connectivity index (χ0n) is 14.1. The van der Waals surface area contributed by atoms with Gasteiger partial charge in [-0.2, -0.15) is 0 Å². The Labute approximate surface area is 154 Å². The van der Waals surface area contributed by atoms with Crippen LogP contribution >= 0.6 is 23.8 Å². The van der Waals surface area contributed by atoms with Gasteiger partial charge < -0.3 is 15.1 Å². The van der Waals surface area contributed by atoms with E-state index in [2.05, 4.69) is 46.3 Å². The van der Waals surface area contributed by atoms with Gasteiger partial charge in [0.05, 0.1) is 0 Å². The van der Waals surface area contributed by atoms with Crippen LogP contribution in [0.3, 0.4) is 0 Å². The fraction of sp³-hybridized carbons (Fsp3) is 0.316. The molecule has 0 aliphatic carbocycles. The number of halogens is 1. The molecule has 3 nitrogen and oxygen atoms in total. The molecule has 0 amide bonds. The smallest absolute Gasteiger partial charge is 0.173 e. The molecular weight excluding hydrogens is 338 g/mol. The van der Waals surface area contributed by atoms with Crippen LogP contribution in [0.15, 0.2) is 42.5 Å². The van der Waals surface area contributed by atoms with Crippen LogP contribution in [-0.2, 0) is 0 Å². The minimum absolute atomic E-state index is 0.757. The van der Waals surface area contributed by atoms with E-state index in [4.69, 9.17) is 23.8 Å². The lowest BCUT2D eigenvalue weighted by Gasteiger charge is -2.38. The Bertz CT molecular complexity index is 739. The molecule has 1 saturated heterocycles. The summed E-state index contributed by atoms with van der Waals surface area (Å²) < 4.78 is 0. The summed E-state index contributed by atoms with van der Waals surface area (Å²) in [5.41, 5.74) is 4.65. The molecule has 0 saturated carbocycles. The van der Waals surface area contributed by atoms with Crippen LogP contribution < -0.4 is 10.2 Å². The monoisotopic (exact) mass is 359 g/mol. The number of nitrogens with one attached hydrogen (secondary N) is 1. The standard InChI is InChI=1S/C19H22ClN3S/c1-14-6-3-4-9-18(14)22-10-12-23(13-11-22)19(24)21-17-8-5-7-16(20)15(17)2/h3-9H,10-13H2,1-2H3,(H,21,24). The van der Waals surface area contributed by atoms with Crippen molar-refractivity contribution in [3.8, 4) is 0 Å². The van der Waals surface area contributed by atoms with E-state index in [0.29, 0.717) is 0 Å². The Balaban J connectivity index is 1.61. The van der Waals surface area contributed by atoms with E-state index in [0.717, 1.165) is 47.6 Å². The van der Waals surface area contributed by atoms with Gasteiger partial charge in [0.15, 0.2) is 5.11 Å². The molecule has 1 N–H and O–H groups in total. The summed E-state index contributed by atoms with van der Waals surface area (Å²) in [6.07, 6.45) is 0. The first kappa shape index (κ1) is 17.1. The van der Waals surface area contributed by atoms with Gasteiger partial charge in [-0.3, -0.25) is 0 Å². The first-order valence-corrected chi connectivity index (χ1v) is 8.96. The number of nitrogens with zero attached hydrogens (tertiary/aromatic N) is 2. The zero-order valence-corrected chi connectivity index (χ0v) is 15.6. The fourth-order valence-electron chi connectivity index (χ4n) is 3.01. The largest absolute Gasteiger partial charge is 0.368 e.